The summed E-state index contributed by atoms with van der Waals surface area (Å²) in [6.07, 6.45) is 4.78. The van der Waals surface area contributed by atoms with Crippen LogP contribution in [0, 0.1) is 5.92 Å². The molecule has 0 spiro atoms. The molecule has 0 saturated carbocycles. The molecular formula is C13H25N7. The fourth-order valence-corrected chi connectivity index (χ4v) is 2.15. The van der Waals surface area contributed by atoms with Crippen molar-refractivity contribution in [2.75, 3.05) is 35.3 Å². The van der Waals surface area contributed by atoms with Gasteiger partial charge in [-0.3, -0.25) is 5.43 Å². The van der Waals surface area contributed by atoms with Gasteiger partial charge >= 0.3 is 0 Å². The van der Waals surface area contributed by atoms with Crippen LogP contribution in [-0.2, 0) is 0 Å². The van der Waals surface area contributed by atoms with Gasteiger partial charge in [-0.05, 0) is 25.2 Å². The standard InChI is InChI=1S/C13H25N7/c1-3-10(2)9-15-11-16-12(19-14)18-13(17-11)20-7-5-4-6-8-20/h10H,3-9,14H2,1-2H3,(H2,15,16,17,18,19). The summed E-state index contributed by atoms with van der Waals surface area (Å²) in [4.78, 5) is 15.3. The summed E-state index contributed by atoms with van der Waals surface area (Å²) in [6, 6.07) is 0. The van der Waals surface area contributed by atoms with E-state index < -0.39 is 0 Å². The molecule has 1 atom stereocenters. The van der Waals surface area contributed by atoms with E-state index in [0.717, 1.165) is 26.1 Å². The lowest BCUT2D eigenvalue weighted by Gasteiger charge is -2.27. The van der Waals surface area contributed by atoms with Crippen molar-refractivity contribution < 1.29 is 0 Å². The predicted octanol–water partition coefficient (Wildman–Crippen LogP) is 1.61. The van der Waals surface area contributed by atoms with Gasteiger partial charge in [-0.15, -0.1) is 0 Å². The summed E-state index contributed by atoms with van der Waals surface area (Å²) in [5.41, 5.74) is 2.52. The van der Waals surface area contributed by atoms with Crippen LogP contribution >= 0.6 is 0 Å². The number of hydrogen-bond donors (Lipinski definition) is 3. The van der Waals surface area contributed by atoms with Gasteiger partial charge in [0.15, 0.2) is 0 Å². The Morgan fingerprint density at radius 3 is 2.50 bits per heavy atom. The van der Waals surface area contributed by atoms with Crippen LogP contribution in [0.25, 0.3) is 0 Å². The minimum absolute atomic E-state index is 0.409. The molecule has 4 N–H and O–H groups in total. The van der Waals surface area contributed by atoms with E-state index in [2.05, 4.69) is 44.4 Å². The predicted molar refractivity (Wildman–Crippen MR) is 81.6 cm³/mol. The number of nitrogens with one attached hydrogen (secondary N) is 2. The number of piperidine rings is 1. The average molecular weight is 279 g/mol. The van der Waals surface area contributed by atoms with Crippen LogP contribution < -0.4 is 21.5 Å². The second-order valence-electron chi connectivity index (χ2n) is 5.37. The zero-order valence-corrected chi connectivity index (χ0v) is 12.4. The Kier molecular flexibility index (Phi) is 5.34. The van der Waals surface area contributed by atoms with Crippen molar-refractivity contribution in [1.82, 2.24) is 15.0 Å². The summed E-state index contributed by atoms with van der Waals surface area (Å²) >= 11 is 0. The maximum absolute atomic E-state index is 5.45. The molecule has 112 valence electrons. The van der Waals surface area contributed by atoms with E-state index >= 15 is 0 Å². The fourth-order valence-electron chi connectivity index (χ4n) is 2.15. The van der Waals surface area contributed by atoms with E-state index in [1.165, 1.54) is 19.3 Å². The van der Waals surface area contributed by atoms with Crippen LogP contribution in [-0.4, -0.2) is 34.6 Å². The van der Waals surface area contributed by atoms with E-state index in [1.807, 2.05) is 0 Å². The monoisotopic (exact) mass is 279 g/mol. The number of anilines is 3. The third-order valence-corrected chi connectivity index (χ3v) is 3.70. The lowest BCUT2D eigenvalue weighted by molar-refractivity contribution is 0.566. The Bertz CT molecular complexity index is 417. The molecule has 1 aliphatic heterocycles. The van der Waals surface area contributed by atoms with E-state index in [4.69, 9.17) is 5.84 Å². The molecule has 0 amide bonds. The van der Waals surface area contributed by atoms with Crippen molar-refractivity contribution in [3.63, 3.8) is 0 Å². The first-order chi connectivity index (χ1) is 9.72. The number of rotatable bonds is 6. The number of hydrogen-bond acceptors (Lipinski definition) is 7. The van der Waals surface area contributed by atoms with Gasteiger partial charge in [0.2, 0.25) is 17.8 Å². The molecule has 1 aromatic heterocycles. The number of nitrogens with two attached hydrogens (primary N) is 1. The van der Waals surface area contributed by atoms with Crippen LogP contribution in [0.4, 0.5) is 17.8 Å². The zero-order valence-electron chi connectivity index (χ0n) is 12.4. The van der Waals surface area contributed by atoms with Crippen LogP contribution in [0.2, 0.25) is 0 Å². The van der Waals surface area contributed by atoms with Gasteiger partial charge in [-0.1, -0.05) is 20.3 Å². The molecule has 1 aliphatic rings. The summed E-state index contributed by atoms with van der Waals surface area (Å²) in [6.45, 7) is 7.22. The summed E-state index contributed by atoms with van der Waals surface area (Å²) in [5, 5.41) is 3.27. The minimum atomic E-state index is 0.409. The van der Waals surface area contributed by atoms with Crippen LogP contribution in [0.3, 0.4) is 0 Å². The van der Waals surface area contributed by atoms with E-state index in [0.29, 0.717) is 23.8 Å². The molecule has 0 aliphatic carbocycles. The number of nitrogens with zero attached hydrogens (tertiary/aromatic N) is 4. The third-order valence-electron chi connectivity index (χ3n) is 3.70. The van der Waals surface area contributed by atoms with Gasteiger partial charge in [-0.2, -0.15) is 15.0 Å². The normalized spacial score (nSPS) is 16.9. The fraction of sp³-hybridized carbons (Fsp3) is 0.769. The van der Waals surface area contributed by atoms with Gasteiger partial charge in [0, 0.05) is 19.6 Å². The van der Waals surface area contributed by atoms with Gasteiger partial charge in [0.1, 0.15) is 0 Å². The Labute approximate surface area is 120 Å². The molecule has 0 radical (unpaired) electrons. The van der Waals surface area contributed by atoms with Gasteiger partial charge in [-0.25, -0.2) is 5.84 Å². The van der Waals surface area contributed by atoms with Crippen molar-refractivity contribution in [3.05, 3.63) is 0 Å². The molecule has 0 bridgehead atoms. The smallest absolute Gasteiger partial charge is 0.243 e. The Morgan fingerprint density at radius 2 is 1.85 bits per heavy atom. The van der Waals surface area contributed by atoms with E-state index in [1.54, 1.807) is 0 Å². The first-order valence-electron chi connectivity index (χ1n) is 7.44. The SMILES string of the molecule is CCC(C)CNc1nc(NN)nc(N2CCCCC2)n1. The molecule has 0 aromatic carbocycles. The molecule has 1 unspecified atom stereocenters. The molecular weight excluding hydrogens is 254 g/mol. The number of hydrazine groups is 1. The molecule has 2 heterocycles. The van der Waals surface area contributed by atoms with E-state index in [9.17, 15) is 0 Å². The van der Waals surface area contributed by atoms with Crippen LogP contribution in [0.1, 0.15) is 39.5 Å². The van der Waals surface area contributed by atoms with Crippen molar-refractivity contribution >= 4 is 17.8 Å². The Hall–Kier alpha value is -1.63. The minimum Gasteiger partial charge on any atom is -0.354 e. The largest absolute Gasteiger partial charge is 0.354 e. The number of aromatic nitrogens is 3. The second-order valence-corrected chi connectivity index (χ2v) is 5.37. The van der Waals surface area contributed by atoms with Gasteiger partial charge in [0.25, 0.3) is 0 Å². The van der Waals surface area contributed by atoms with Gasteiger partial charge < -0.3 is 10.2 Å². The summed E-state index contributed by atoms with van der Waals surface area (Å²) < 4.78 is 0. The quantitative estimate of drug-likeness (QED) is 0.538. The third kappa shape index (κ3) is 3.93. The van der Waals surface area contributed by atoms with Crippen LogP contribution in [0.5, 0.6) is 0 Å². The molecule has 7 heteroatoms. The summed E-state index contributed by atoms with van der Waals surface area (Å²) in [7, 11) is 0. The van der Waals surface area contributed by atoms with Crippen molar-refractivity contribution in [1.29, 1.82) is 0 Å². The highest BCUT2D eigenvalue weighted by Gasteiger charge is 2.16. The highest BCUT2D eigenvalue weighted by Crippen LogP contribution is 2.18. The lowest BCUT2D eigenvalue weighted by Crippen LogP contribution is -2.32. The first kappa shape index (κ1) is 14.8. The van der Waals surface area contributed by atoms with Gasteiger partial charge in [0.05, 0.1) is 0 Å². The molecule has 2 rings (SSSR count). The highest BCUT2D eigenvalue weighted by atomic mass is 15.4. The Balaban J connectivity index is 2.10. The van der Waals surface area contributed by atoms with Crippen LogP contribution in [0.15, 0.2) is 0 Å². The topological polar surface area (TPSA) is 92.0 Å². The maximum atomic E-state index is 5.45. The molecule has 1 fully saturated rings. The number of nitrogen functional groups attached to an aromatic ring is 1. The Morgan fingerprint density at radius 1 is 1.15 bits per heavy atom. The molecule has 7 nitrogen and oxygen atoms in total. The van der Waals surface area contributed by atoms with Crippen molar-refractivity contribution in [2.45, 2.75) is 39.5 Å². The van der Waals surface area contributed by atoms with Crippen molar-refractivity contribution in [3.8, 4) is 0 Å². The average Bonchev–Trinajstić information content (AvgIpc) is 2.53. The molecule has 1 saturated heterocycles. The summed E-state index contributed by atoms with van der Waals surface area (Å²) in [5.74, 6) is 7.74. The van der Waals surface area contributed by atoms with Crippen molar-refractivity contribution in [2.24, 2.45) is 11.8 Å². The zero-order chi connectivity index (χ0) is 14.4. The molecule has 20 heavy (non-hydrogen) atoms. The lowest BCUT2D eigenvalue weighted by atomic mass is 10.1. The second kappa shape index (κ2) is 7.23. The van der Waals surface area contributed by atoms with E-state index in [-0.39, 0.29) is 0 Å². The maximum Gasteiger partial charge on any atom is 0.243 e. The first-order valence-corrected chi connectivity index (χ1v) is 7.44. The molecule has 1 aromatic rings. The highest BCUT2D eigenvalue weighted by molar-refractivity contribution is 5.43.